The zero-order chi connectivity index (χ0) is 7.84. The largest absolute Gasteiger partial charge is 0.387 e. The predicted octanol–water partition coefficient (Wildman–Crippen LogP) is 0.906. The molecule has 11 heavy (non-hydrogen) atoms. The minimum absolute atomic E-state index is 0.0972. The van der Waals surface area contributed by atoms with Gasteiger partial charge >= 0.3 is 0 Å². The van der Waals surface area contributed by atoms with Gasteiger partial charge in [-0.2, -0.15) is 0 Å². The molecular weight excluding hydrogens is 142 g/mol. The van der Waals surface area contributed by atoms with E-state index < -0.39 is 0 Å². The lowest BCUT2D eigenvalue weighted by Gasteiger charge is -2.04. The Morgan fingerprint density at radius 1 is 1.73 bits per heavy atom. The zero-order valence-corrected chi connectivity index (χ0v) is 6.28. The molecule has 2 aliphatic rings. The SMILES string of the molecule is CCC1=NO[C@H]2C=CC(=O)[C@@H]12. The van der Waals surface area contributed by atoms with Gasteiger partial charge in [-0.1, -0.05) is 12.1 Å². The number of hydrogen-bond acceptors (Lipinski definition) is 3. The number of rotatable bonds is 1. The molecule has 3 nitrogen and oxygen atoms in total. The highest BCUT2D eigenvalue weighted by Crippen LogP contribution is 2.27. The maximum Gasteiger partial charge on any atom is 0.168 e. The summed E-state index contributed by atoms with van der Waals surface area (Å²) in [5.74, 6) is 0.0353. The summed E-state index contributed by atoms with van der Waals surface area (Å²) in [4.78, 5) is 16.2. The minimum Gasteiger partial charge on any atom is -0.387 e. The minimum atomic E-state index is -0.0996. The molecule has 1 aliphatic heterocycles. The van der Waals surface area contributed by atoms with Crippen molar-refractivity contribution in [3.63, 3.8) is 0 Å². The van der Waals surface area contributed by atoms with Gasteiger partial charge in [-0.15, -0.1) is 0 Å². The fourth-order valence-corrected chi connectivity index (χ4v) is 1.49. The summed E-state index contributed by atoms with van der Waals surface area (Å²) in [5, 5.41) is 3.83. The molecule has 0 aromatic heterocycles. The van der Waals surface area contributed by atoms with Crippen LogP contribution in [-0.2, 0) is 9.63 Å². The first kappa shape index (κ1) is 6.58. The fraction of sp³-hybridized carbons (Fsp3) is 0.500. The monoisotopic (exact) mass is 151 g/mol. The van der Waals surface area contributed by atoms with Crippen molar-refractivity contribution in [3.8, 4) is 0 Å². The van der Waals surface area contributed by atoms with Crippen molar-refractivity contribution in [2.45, 2.75) is 19.4 Å². The normalized spacial score (nSPS) is 33.5. The molecule has 0 aromatic carbocycles. The van der Waals surface area contributed by atoms with Gasteiger partial charge in [0.25, 0.3) is 0 Å². The summed E-state index contributed by atoms with van der Waals surface area (Å²) in [6, 6.07) is 0. The molecule has 1 aliphatic carbocycles. The molecule has 58 valence electrons. The second kappa shape index (κ2) is 2.19. The van der Waals surface area contributed by atoms with E-state index in [0.29, 0.717) is 0 Å². The molecule has 0 unspecified atom stereocenters. The van der Waals surface area contributed by atoms with E-state index in [9.17, 15) is 4.79 Å². The number of carbonyl (C=O) groups excluding carboxylic acids is 1. The van der Waals surface area contributed by atoms with Crippen LogP contribution in [0.2, 0.25) is 0 Å². The topological polar surface area (TPSA) is 38.7 Å². The molecule has 0 saturated heterocycles. The second-order valence-corrected chi connectivity index (χ2v) is 2.75. The lowest BCUT2D eigenvalue weighted by atomic mass is 9.97. The molecule has 0 radical (unpaired) electrons. The number of carbonyl (C=O) groups is 1. The van der Waals surface area contributed by atoms with Crippen LogP contribution < -0.4 is 0 Å². The summed E-state index contributed by atoms with van der Waals surface area (Å²) in [5.41, 5.74) is 0.880. The Morgan fingerprint density at radius 2 is 2.55 bits per heavy atom. The quantitative estimate of drug-likeness (QED) is 0.558. The highest BCUT2D eigenvalue weighted by atomic mass is 16.6. The van der Waals surface area contributed by atoms with Crippen LogP contribution >= 0.6 is 0 Å². The van der Waals surface area contributed by atoms with E-state index in [1.165, 1.54) is 0 Å². The van der Waals surface area contributed by atoms with E-state index in [-0.39, 0.29) is 17.8 Å². The number of nitrogens with zero attached hydrogens (tertiary/aromatic N) is 1. The third-order valence-electron chi connectivity index (χ3n) is 2.10. The van der Waals surface area contributed by atoms with E-state index in [2.05, 4.69) is 5.16 Å². The van der Waals surface area contributed by atoms with Crippen LogP contribution in [0.15, 0.2) is 17.3 Å². The molecule has 0 aromatic rings. The first-order valence-electron chi connectivity index (χ1n) is 3.77. The van der Waals surface area contributed by atoms with Crippen LogP contribution in [-0.4, -0.2) is 17.6 Å². The average molecular weight is 151 g/mol. The lowest BCUT2D eigenvalue weighted by Crippen LogP contribution is -2.23. The third-order valence-corrected chi connectivity index (χ3v) is 2.10. The summed E-state index contributed by atoms with van der Waals surface area (Å²) in [7, 11) is 0. The molecule has 3 heteroatoms. The van der Waals surface area contributed by atoms with Crippen LogP contribution in [0.3, 0.4) is 0 Å². The van der Waals surface area contributed by atoms with Gasteiger partial charge in [0.1, 0.15) is 5.92 Å². The Morgan fingerprint density at radius 3 is 3.27 bits per heavy atom. The van der Waals surface area contributed by atoms with Crippen LogP contribution in [0.5, 0.6) is 0 Å². The van der Waals surface area contributed by atoms with Gasteiger partial charge in [0.2, 0.25) is 0 Å². The number of fused-ring (bicyclic) bond motifs is 1. The van der Waals surface area contributed by atoms with Crippen LogP contribution in [0.25, 0.3) is 0 Å². The Labute approximate surface area is 64.7 Å². The smallest absolute Gasteiger partial charge is 0.168 e. The van der Waals surface area contributed by atoms with E-state index in [4.69, 9.17) is 4.84 Å². The van der Waals surface area contributed by atoms with E-state index in [0.717, 1.165) is 12.1 Å². The molecule has 0 N–H and O–H groups in total. The fourth-order valence-electron chi connectivity index (χ4n) is 1.49. The van der Waals surface area contributed by atoms with Crippen molar-refractivity contribution in [2.75, 3.05) is 0 Å². The van der Waals surface area contributed by atoms with Crippen molar-refractivity contribution in [2.24, 2.45) is 11.1 Å². The molecule has 0 saturated carbocycles. The van der Waals surface area contributed by atoms with Gasteiger partial charge in [-0.25, -0.2) is 0 Å². The Bertz CT molecular complexity index is 255. The summed E-state index contributed by atoms with van der Waals surface area (Å²) in [6.07, 6.45) is 4.06. The predicted molar refractivity (Wildman–Crippen MR) is 40.2 cm³/mol. The standard InChI is InChI=1S/C8H9NO2/c1-2-5-8-6(10)3-4-7(8)11-9-5/h3-4,7-8H,2H2,1H3/t7-,8+/m0/s1. The van der Waals surface area contributed by atoms with E-state index >= 15 is 0 Å². The number of allylic oxidation sites excluding steroid dienone is 1. The summed E-state index contributed by atoms with van der Waals surface area (Å²) >= 11 is 0. The van der Waals surface area contributed by atoms with Crippen molar-refractivity contribution in [3.05, 3.63) is 12.2 Å². The number of oxime groups is 1. The van der Waals surface area contributed by atoms with Crippen molar-refractivity contribution < 1.29 is 9.63 Å². The molecule has 2 rings (SSSR count). The molecule has 0 amide bonds. The van der Waals surface area contributed by atoms with Crippen molar-refractivity contribution in [1.82, 2.24) is 0 Å². The average Bonchev–Trinajstić information content (AvgIpc) is 2.54. The van der Waals surface area contributed by atoms with Crippen molar-refractivity contribution in [1.29, 1.82) is 0 Å². The Balaban J connectivity index is 2.25. The molecular formula is C8H9NO2. The van der Waals surface area contributed by atoms with E-state index in [1.54, 1.807) is 12.2 Å². The van der Waals surface area contributed by atoms with Crippen LogP contribution in [0.1, 0.15) is 13.3 Å². The van der Waals surface area contributed by atoms with Gasteiger partial charge < -0.3 is 4.84 Å². The highest BCUT2D eigenvalue weighted by Gasteiger charge is 2.39. The van der Waals surface area contributed by atoms with Gasteiger partial charge in [-0.05, 0) is 18.6 Å². The number of hydrogen-bond donors (Lipinski definition) is 0. The van der Waals surface area contributed by atoms with Crippen molar-refractivity contribution >= 4 is 11.5 Å². The summed E-state index contributed by atoms with van der Waals surface area (Å²) < 4.78 is 0. The lowest BCUT2D eigenvalue weighted by molar-refractivity contribution is -0.117. The Kier molecular flexibility index (Phi) is 1.31. The number of ketones is 1. The second-order valence-electron chi connectivity index (χ2n) is 2.75. The maximum absolute atomic E-state index is 11.2. The zero-order valence-electron chi connectivity index (χ0n) is 6.28. The molecule has 0 bridgehead atoms. The molecule has 0 spiro atoms. The van der Waals surface area contributed by atoms with Gasteiger partial charge in [-0.3, -0.25) is 4.79 Å². The summed E-state index contributed by atoms with van der Waals surface area (Å²) in [6.45, 7) is 1.98. The molecule has 2 atom stereocenters. The van der Waals surface area contributed by atoms with E-state index in [1.807, 2.05) is 6.92 Å². The van der Waals surface area contributed by atoms with Crippen LogP contribution in [0.4, 0.5) is 0 Å². The first-order valence-corrected chi connectivity index (χ1v) is 3.77. The highest BCUT2D eigenvalue weighted by molar-refractivity contribution is 6.12. The molecule has 0 fully saturated rings. The maximum atomic E-state index is 11.2. The van der Waals surface area contributed by atoms with Gasteiger partial charge in [0.15, 0.2) is 11.9 Å². The van der Waals surface area contributed by atoms with Gasteiger partial charge in [0, 0.05) is 0 Å². The van der Waals surface area contributed by atoms with Gasteiger partial charge in [0.05, 0.1) is 5.71 Å². The molecule has 1 heterocycles. The third kappa shape index (κ3) is 0.803. The first-order chi connectivity index (χ1) is 5.33. The Hall–Kier alpha value is -1.12. The van der Waals surface area contributed by atoms with Crippen LogP contribution in [0, 0.1) is 5.92 Å².